The van der Waals surface area contributed by atoms with E-state index in [2.05, 4.69) is 0 Å². The molecule has 0 aliphatic heterocycles. The molecule has 78 valence electrons. The number of aryl methyl sites for hydroxylation is 1. The summed E-state index contributed by atoms with van der Waals surface area (Å²) in [7, 11) is 0. The van der Waals surface area contributed by atoms with Crippen molar-refractivity contribution in [2.75, 3.05) is 0 Å². The fourth-order valence-corrected chi connectivity index (χ4v) is 1.38. The fourth-order valence-electron chi connectivity index (χ4n) is 1.38. The molecule has 1 aliphatic carbocycles. The Labute approximate surface area is 84.6 Å². The predicted molar refractivity (Wildman–Crippen MR) is 56.1 cm³/mol. The van der Waals surface area contributed by atoms with Gasteiger partial charge in [0.05, 0.1) is 0 Å². The molecule has 0 unspecified atom stereocenters. The van der Waals surface area contributed by atoms with Crippen LogP contribution in [0.5, 0.6) is 5.75 Å². The standard InChI is InChI=1S/C10H11FO.C2H6/c1-6-4-9(11)8(5-10(6)12)7-2-3-7;1-2/h4-5,7,12H,2-3H2,1H3;1-2H3. The average molecular weight is 196 g/mol. The van der Waals surface area contributed by atoms with Gasteiger partial charge in [-0.1, -0.05) is 13.8 Å². The summed E-state index contributed by atoms with van der Waals surface area (Å²) < 4.78 is 13.2. The van der Waals surface area contributed by atoms with Crippen molar-refractivity contribution in [3.8, 4) is 5.75 Å². The summed E-state index contributed by atoms with van der Waals surface area (Å²) in [5, 5.41) is 9.33. The zero-order valence-electron chi connectivity index (χ0n) is 8.97. The second-order valence-electron chi connectivity index (χ2n) is 3.43. The number of rotatable bonds is 1. The van der Waals surface area contributed by atoms with Gasteiger partial charge in [-0.3, -0.25) is 0 Å². The molecule has 1 saturated carbocycles. The summed E-state index contributed by atoms with van der Waals surface area (Å²) in [4.78, 5) is 0. The van der Waals surface area contributed by atoms with Crippen molar-refractivity contribution in [2.24, 2.45) is 0 Å². The van der Waals surface area contributed by atoms with Gasteiger partial charge in [0, 0.05) is 0 Å². The molecule has 0 spiro atoms. The second-order valence-corrected chi connectivity index (χ2v) is 3.43. The van der Waals surface area contributed by atoms with Gasteiger partial charge in [-0.2, -0.15) is 0 Å². The Morgan fingerprint density at radius 2 is 1.86 bits per heavy atom. The van der Waals surface area contributed by atoms with Crippen molar-refractivity contribution >= 4 is 0 Å². The minimum Gasteiger partial charge on any atom is -0.508 e. The van der Waals surface area contributed by atoms with E-state index in [4.69, 9.17) is 0 Å². The Balaban J connectivity index is 0.000000461. The monoisotopic (exact) mass is 196 g/mol. The Hall–Kier alpha value is -1.05. The molecule has 1 aliphatic rings. The lowest BCUT2D eigenvalue weighted by atomic mass is 10.1. The van der Waals surface area contributed by atoms with Crippen LogP contribution in [0.1, 0.15) is 43.7 Å². The number of hydrogen-bond donors (Lipinski definition) is 1. The molecular formula is C12H17FO. The van der Waals surface area contributed by atoms with Gasteiger partial charge >= 0.3 is 0 Å². The third kappa shape index (κ3) is 2.25. The van der Waals surface area contributed by atoms with Crippen LogP contribution in [0, 0.1) is 12.7 Å². The highest BCUT2D eigenvalue weighted by atomic mass is 19.1. The van der Waals surface area contributed by atoms with Gasteiger partial charge in [-0.25, -0.2) is 4.39 Å². The Bertz CT molecular complexity index is 316. The summed E-state index contributed by atoms with van der Waals surface area (Å²) in [5.41, 5.74) is 1.29. The van der Waals surface area contributed by atoms with Crippen LogP contribution >= 0.6 is 0 Å². The van der Waals surface area contributed by atoms with E-state index in [0.29, 0.717) is 17.0 Å². The molecule has 1 aromatic rings. The highest BCUT2D eigenvalue weighted by Gasteiger charge is 2.27. The van der Waals surface area contributed by atoms with Gasteiger partial charge in [0.15, 0.2) is 0 Å². The first kappa shape index (κ1) is 11.0. The molecular weight excluding hydrogens is 179 g/mol. The molecule has 0 saturated heterocycles. The largest absolute Gasteiger partial charge is 0.508 e. The molecule has 14 heavy (non-hydrogen) atoms. The van der Waals surface area contributed by atoms with E-state index < -0.39 is 0 Å². The molecule has 1 fully saturated rings. The first-order valence-corrected chi connectivity index (χ1v) is 5.17. The van der Waals surface area contributed by atoms with Crippen LogP contribution in [-0.2, 0) is 0 Å². The van der Waals surface area contributed by atoms with Crippen LogP contribution in [0.3, 0.4) is 0 Å². The first-order valence-electron chi connectivity index (χ1n) is 5.17. The molecule has 0 aromatic heterocycles. The van der Waals surface area contributed by atoms with Crippen molar-refractivity contribution in [3.05, 3.63) is 29.1 Å². The predicted octanol–water partition coefficient (Wildman–Crippen LogP) is 3.74. The van der Waals surface area contributed by atoms with Crippen LogP contribution in [0.2, 0.25) is 0 Å². The summed E-state index contributed by atoms with van der Waals surface area (Å²) in [5.74, 6) is 0.391. The van der Waals surface area contributed by atoms with E-state index >= 15 is 0 Å². The molecule has 1 nitrogen and oxygen atoms in total. The summed E-state index contributed by atoms with van der Waals surface area (Å²) in [6.45, 7) is 5.70. The molecule has 0 heterocycles. The van der Waals surface area contributed by atoms with Crippen molar-refractivity contribution < 1.29 is 9.50 Å². The van der Waals surface area contributed by atoms with Crippen molar-refractivity contribution in [3.63, 3.8) is 0 Å². The Morgan fingerprint density at radius 1 is 1.29 bits per heavy atom. The van der Waals surface area contributed by atoms with Crippen LogP contribution in [0.25, 0.3) is 0 Å². The molecule has 0 amide bonds. The number of phenols is 1. The van der Waals surface area contributed by atoms with Gasteiger partial charge < -0.3 is 5.11 Å². The average Bonchev–Trinajstić information content (AvgIpc) is 2.98. The zero-order chi connectivity index (χ0) is 10.7. The van der Waals surface area contributed by atoms with Crippen molar-refractivity contribution in [1.29, 1.82) is 0 Å². The van der Waals surface area contributed by atoms with Crippen LogP contribution in [0.15, 0.2) is 12.1 Å². The lowest BCUT2D eigenvalue weighted by Crippen LogP contribution is -1.88. The maximum absolute atomic E-state index is 13.2. The maximum Gasteiger partial charge on any atom is 0.127 e. The topological polar surface area (TPSA) is 20.2 Å². The molecule has 2 rings (SSSR count). The highest BCUT2D eigenvalue weighted by Crippen LogP contribution is 2.42. The van der Waals surface area contributed by atoms with Crippen LogP contribution in [-0.4, -0.2) is 5.11 Å². The van der Waals surface area contributed by atoms with E-state index in [1.807, 2.05) is 13.8 Å². The third-order valence-corrected chi connectivity index (χ3v) is 2.33. The SMILES string of the molecule is CC.Cc1cc(F)c(C2CC2)cc1O. The number of halogens is 1. The number of aromatic hydroxyl groups is 1. The van der Waals surface area contributed by atoms with Crippen LogP contribution < -0.4 is 0 Å². The van der Waals surface area contributed by atoms with E-state index in [9.17, 15) is 9.50 Å². The lowest BCUT2D eigenvalue weighted by molar-refractivity contribution is 0.467. The summed E-state index contributed by atoms with van der Waals surface area (Å²) in [6, 6.07) is 2.96. The maximum atomic E-state index is 13.2. The molecule has 2 heteroatoms. The van der Waals surface area contributed by atoms with Gasteiger partial charge in [-0.15, -0.1) is 0 Å². The van der Waals surface area contributed by atoms with Crippen molar-refractivity contribution in [2.45, 2.75) is 39.5 Å². The summed E-state index contributed by atoms with van der Waals surface area (Å²) >= 11 is 0. The van der Waals surface area contributed by atoms with E-state index in [1.54, 1.807) is 13.0 Å². The molecule has 0 bridgehead atoms. The molecule has 0 atom stereocenters. The number of benzene rings is 1. The van der Waals surface area contributed by atoms with E-state index in [-0.39, 0.29) is 11.6 Å². The highest BCUT2D eigenvalue weighted by molar-refractivity contribution is 5.39. The minimum atomic E-state index is -0.173. The summed E-state index contributed by atoms with van der Waals surface area (Å²) in [6.07, 6.45) is 2.11. The van der Waals surface area contributed by atoms with Gasteiger partial charge in [0.25, 0.3) is 0 Å². The van der Waals surface area contributed by atoms with Gasteiger partial charge in [0.1, 0.15) is 11.6 Å². The van der Waals surface area contributed by atoms with E-state index in [0.717, 1.165) is 12.8 Å². The first-order chi connectivity index (χ1) is 6.68. The van der Waals surface area contributed by atoms with Gasteiger partial charge in [-0.05, 0) is 48.9 Å². The number of phenolic OH excluding ortho intramolecular Hbond substituents is 1. The normalized spacial score (nSPS) is 14.6. The van der Waals surface area contributed by atoms with Crippen LogP contribution in [0.4, 0.5) is 4.39 Å². The molecule has 1 N–H and O–H groups in total. The smallest absolute Gasteiger partial charge is 0.127 e. The second kappa shape index (κ2) is 4.45. The fraction of sp³-hybridized carbons (Fsp3) is 0.500. The third-order valence-electron chi connectivity index (χ3n) is 2.33. The van der Waals surface area contributed by atoms with Gasteiger partial charge in [0.2, 0.25) is 0 Å². The molecule has 1 aromatic carbocycles. The van der Waals surface area contributed by atoms with Crippen molar-refractivity contribution in [1.82, 2.24) is 0 Å². The number of hydrogen-bond acceptors (Lipinski definition) is 1. The molecule has 0 radical (unpaired) electrons. The minimum absolute atomic E-state index is 0.173. The quantitative estimate of drug-likeness (QED) is 0.725. The lowest BCUT2D eigenvalue weighted by Gasteiger charge is -2.04. The zero-order valence-corrected chi connectivity index (χ0v) is 8.97. The Morgan fingerprint density at radius 3 is 2.36 bits per heavy atom. The Kier molecular flexibility index (Phi) is 3.50. The van der Waals surface area contributed by atoms with E-state index in [1.165, 1.54) is 6.07 Å².